The molecule has 5 heteroatoms. The smallest absolute Gasteiger partial charge is 2.00 e. The fourth-order valence-electron chi connectivity index (χ4n) is 0.213. The van der Waals surface area contributed by atoms with Crippen LogP contribution in [0.4, 0.5) is 0 Å². The molecule has 0 N–H and O–H groups in total. The number of ketones is 1. The first-order chi connectivity index (χ1) is 4.59. The van der Waals surface area contributed by atoms with Gasteiger partial charge < -0.3 is 14.4 Å². The molecule has 1 nitrogen and oxygen atoms in total. The van der Waals surface area contributed by atoms with E-state index < -0.39 is 0 Å². The topological polar surface area (TPSA) is 17.1 Å². The average Bonchev–Trinajstić information content (AvgIpc) is 1.88. The van der Waals surface area contributed by atoms with Crippen molar-refractivity contribution < 1.29 is 35.3 Å². The first kappa shape index (κ1) is 23.7. The third kappa shape index (κ3) is 22.7. The van der Waals surface area contributed by atoms with E-state index in [0.717, 1.165) is 0 Å². The molecule has 0 spiro atoms. The fraction of sp³-hybridized carbons (Fsp3) is 0.286. The average molecular weight is 601 g/mol. The van der Waals surface area contributed by atoms with Gasteiger partial charge in [0.15, 0.2) is 0 Å². The summed E-state index contributed by atoms with van der Waals surface area (Å²) in [7, 11) is 0.628. The van der Waals surface area contributed by atoms with E-state index in [0.29, 0.717) is 21.5 Å². The van der Waals surface area contributed by atoms with Gasteiger partial charge in [-0.1, -0.05) is 6.58 Å². The van der Waals surface area contributed by atoms with Gasteiger partial charge in [0.25, 0.3) is 0 Å². The summed E-state index contributed by atoms with van der Waals surface area (Å²) in [6.07, 6.45) is 0.329. The summed E-state index contributed by atoms with van der Waals surface area (Å²) in [6.45, 7) is 8.52. The van der Waals surface area contributed by atoms with Crippen LogP contribution in [0.25, 0.3) is 0 Å². The van der Waals surface area contributed by atoms with E-state index in [4.69, 9.17) is 0 Å². The molecule has 0 radical (unpaired) electrons. The second-order valence-electron chi connectivity index (χ2n) is 1.52. The minimum atomic E-state index is 0. The van der Waals surface area contributed by atoms with Gasteiger partial charge in [-0.3, -0.25) is 4.79 Å². The van der Waals surface area contributed by atoms with Gasteiger partial charge in [0.2, 0.25) is 0 Å². The van der Waals surface area contributed by atoms with Crippen LogP contribution in [0.1, 0.15) is 13.3 Å². The van der Waals surface area contributed by atoms with E-state index in [1.54, 1.807) is 6.92 Å². The number of carbonyl (C=O) groups is 1. The molecule has 0 aromatic rings. The summed E-state index contributed by atoms with van der Waals surface area (Å²) in [5, 5.41) is 0. The van der Waals surface area contributed by atoms with Crippen molar-refractivity contribution in [2.75, 3.05) is 0 Å². The van der Waals surface area contributed by atoms with Crippen molar-refractivity contribution in [1.82, 2.24) is 0 Å². The fourth-order valence-corrected chi connectivity index (χ4v) is 0.213. The molecule has 0 saturated carbocycles. The Morgan fingerprint density at radius 3 is 1.83 bits per heavy atom. The Morgan fingerprint density at radius 1 is 1.58 bits per heavy atom. The Kier molecular flexibility index (Phi) is 37.3. The maximum Gasteiger partial charge on any atom is 2.00 e. The second kappa shape index (κ2) is 18.8. The monoisotopic (exact) mass is 601 g/mol. The number of Topliss-reactive ketones (excluding diaryl/α,β-unsaturated/α-hetero) is 1. The van der Waals surface area contributed by atoms with E-state index in [9.17, 15) is 4.79 Å². The molecule has 0 heterocycles. The summed E-state index contributed by atoms with van der Waals surface area (Å²) in [4.78, 5) is 10.3. The Labute approximate surface area is 119 Å². The molecule has 0 fully saturated rings. The third-order valence-electron chi connectivity index (χ3n) is 0.703. The van der Waals surface area contributed by atoms with Gasteiger partial charge in [-0.05, 0) is 12.5 Å². The van der Waals surface area contributed by atoms with Gasteiger partial charge in [0.05, 0.1) is 0 Å². The van der Waals surface area contributed by atoms with E-state index >= 15 is 0 Å². The molecule has 0 aromatic carbocycles. The largest absolute Gasteiger partial charge is 2.00 e. The molecule has 0 bridgehead atoms. The number of rotatable bonds is 2. The van der Waals surface area contributed by atoms with Crippen molar-refractivity contribution in [2.45, 2.75) is 13.3 Å². The predicted molar refractivity (Wildman–Crippen MR) is 64.2 cm³/mol. The maximum absolute atomic E-state index is 10.3. The summed E-state index contributed by atoms with van der Waals surface area (Å²) < 4.78 is 0. The number of allylic oxidation sites excluding steroid dienone is 1. The van der Waals surface area contributed by atoms with Gasteiger partial charge in [-0.2, -0.15) is 0 Å². The predicted octanol–water partition coefficient (Wildman–Crippen LogP) is 3.57. The quantitative estimate of drug-likeness (QED) is 0.269. The van der Waals surface area contributed by atoms with E-state index in [1.807, 2.05) is 0 Å². The van der Waals surface area contributed by atoms with Crippen LogP contribution >= 0.6 is 40.0 Å². The SMILES string of the molecule is C=C(C)C(=O)C[CH2-].[CH3-].[I][V][I].[W+2]. The first-order valence-electron chi connectivity index (χ1n) is 2.50. The van der Waals surface area contributed by atoms with Gasteiger partial charge in [0, 0.05) is 0 Å². The van der Waals surface area contributed by atoms with Crippen LogP contribution in [0.2, 0.25) is 0 Å². The molecule has 0 aliphatic heterocycles. The van der Waals surface area contributed by atoms with E-state index in [1.165, 1.54) is 0 Å². The molecule has 0 aliphatic rings. The Bertz CT molecular complexity index is 120. The van der Waals surface area contributed by atoms with Crippen LogP contribution in [0.15, 0.2) is 12.2 Å². The Morgan fingerprint density at radius 2 is 1.83 bits per heavy atom. The molecule has 12 heavy (non-hydrogen) atoms. The maximum atomic E-state index is 10.3. The third-order valence-corrected chi connectivity index (χ3v) is 0.703. The molecule has 0 unspecified atom stereocenters. The van der Waals surface area contributed by atoms with Gasteiger partial charge >= 0.3 is 70.5 Å². The zero-order valence-electron chi connectivity index (χ0n) is 7.14. The number of hydrogen-bond acceptors (Lipinski definition) is 1. The van der Waals surface area contributed by atoms with Crippen molar-refractivity contribution in [2.24, 2.45) is 0 Å². The number of carbonyl (C=O) groups excluding carboxylic acids is 1. The van der Waals surface area contributed by atoms with Crippen molar-refractivity contribution in [1.29, 1.82) is 0 Å². The first-order valence-corrected chi connectivity index (χ1v) is 11.5. The normalized spacial score (nSPS) is 6.00. The van der Waals surface area contributed by atoms with Crippen molar-refractivity contribution in [3.63, 3.8) is 0 Å². The van der Waals surface area contributed by atoms with Crippen LogP contribution in [0.3, 0.4) is 0 Å². The molecule has 0 aromatic heterocycles. The van der Waals surface area contributed by atoms with E-state index in [2.05, 4.69) is 53.5 Å². The number of halogens is 2. The Balaban J connectivity index is -0.0000000569. The standard InChI is InChI=1S/C6H9O.CH3.2HI.V.W/c1-4-6(7)5(2)3;;;;;/h1-2,4H2,3H3;1H3;2*1H;;/q2*-1;;;2*+2/p-2. The molecule has 71 valence electrons. The van der Waals surface area contributed by atoms with Gasteiger partial charge in [-0.25, -0.2) is 0 Å². The summed E-state index contributed by atoms with van der Waals surface area (Å²) in [5.41, 5.74) is 0.593. The van der Waals surface area contributed by atoms with Crippen molar-refractivity contribution in [3.8, 4) is 0 Å². The van der Waals surface area contributed by atoms with Crippen LogP contribution < -0.4 is 0 Å². The zero-order chi connectivity index (χ0) is 8.57. The Hall–Kier alpha value is 2.14. The molecule has 0 saturated heterocycles. The zero-order valence-corrected chi connectivity index (χ0v) is 15.8. The van der Waals surface area contributed by atoms with Gasteiger partial charge in [-0.15, -0.1) is 6.42 Å². The van der Waals surface area contributed by atoms with Gasteiger partial charge in [0.1, 0.15) is 5.78 Å². The van der Waals surface area contributed by atoms with Crippen LogP contribution in [-0.4, -0.2) is 5.78 Å². The molecule has 0 aliphatic carbocycles. The minimum Gasteiger partial charge on any atom is 2.00 e. The molecular weight excluding hydrogens is 589 g/mol. The number of hydrogen-bond donors (Lipinski definition) is 0. The van der Waals surface area contributed by atoms with Crippen molar-refractivity contribution >= 4 is 45.7 Å². The van der Waals surface area contributed by atoms with E-state index in [-0.39, 0.29) is 34.3 Å². The second-order valence-corrected chi connectivity index (χ2v) is 13.3. The van der Waals surface area contributed by atoms with Crippen molar-refractivity contribution in [3.05, 3.63) is 26.5 Å². The van der Waals surface area contributed by atoms with Crippen LogP contribution in [-0.2, 0) is 35.3 Å². The molecular formula is C7H12I2OVW. The minimum absolute atomic E-state index is 0. The van der Waals surface area contributed by atoms with Crippen LogP contribution in [0, 0.1) is 14.4 Å². The molecule has 0 rings (SSSR count). The molecule has 0 amide bonds. The summed E-state index contributed by atoms with van der Waals surface area (Å²) >= 11 is 4.74. The summed E-state index contributed by atoms with van der Waals surface area (Å²) in [6, 6.07) is 0. The molecule has 0 atom stereocenters. The summed E-state index contributed by atoms with van der Waals surface area (Å²) in [5.74, 6) is 0.0417. The van der Waals surface area contributed by atoms with Crippen LogP contribution in [0.5, 0.6) is 0 Å².